The average molecular weight is 669 g/mol. The summed E-state index contributed by atoms with van der Waals surface area (Å²) < 4.78 is 57.8. The summed E-state index contributed by atoms with van der Waals surface area (Å²) in [5.74, 6) is -0.659. The number of fused-ring (bicyclic) bond motifs is 1. The topological polar surface area (TPSA) is 152 Å². The van der Waals surface area contributed by atoms with E-state index in [1.807, 2.05) is 0 Å². The Hall–Kier alpha value is -4.85. The Kier molecular flexibility index (Phi) is 9.61. The third kappa shape index (κ3) is 6.55. The molecule has 3 N–H and O–H groups in total. The quantitative estimate of drug-likeness (QED) is 0.272. The number of carbonyl (C=O) groups is 3. The van der Waals surface area contributed by atoms with E-state index in [9.17, 15) is 22.8 Å². The number of carbonyl (C=O) groups excluding carboxylic acids is 3. The van der Waals surface area contributed by atoms with E-state index < -0.39 is 50.9 Å². The first-order valence-corrected chi connectivity index (χ1v) is 16.6. The summed E-state index contributed by atoms with van der Waals surface area (Å²) in [4.78, 5) is 40.7. The standard InChI is InChI=1S/C33H37FN4O8S/c1-18(2)47(42,43)29-11-9-20(37-33(41)46-5)14-23(29)26-7-6-12-38(26)32(40)30(19-8-10-27(44-3)28(13-19)45-4)36-21-15-22-24(25(34)16-21)17-35-31(22)39/h8-11,13-16,18,26,30,36H,6-7,12,17H2,1-5H3,(H,35,39)(H,37,41)/t26-,30?/m1/s1. The highest BCUT2D eigenvalue weighted by atomic mass is 32.2. The molecule has 0 aliphatic carbocycles. The van der Waals surface area contributed by atoms with Gasteiger partial charge >= 0.3 is 6.09 Å². The van der Waals surface area contributed by atoms with Crippen LogP contribution in [-0.2, 0) is 25.9 Å². The van der Waals surface area contributed by atoms with Crippen molar-refractivity contribution in [3.8, 4) is 11.5 Å². The van der Waals surface area contributed by atoms with Gasteiger partial charge in [-0.3, -0.25) is 14.9 Å². The van der Waals surface area contributed by atoms with Crippen LogP contribution in [0.2, 0.25) is 0 Å². The number of likely N-dealkylation sites (tertiary alicyclic amines) is 1. The molecule has 0 radical (unpaired) electrons. The van der Waals surface area contributed by atoms with Crippen LogP contribution >= 0.6 is 0 Å². The molecule has 3 aromatic rings. The van der Waals surface area contributed by atoms with Gasteiger partial charge in [0.1, 0.15) is 11.9 Å². The van der Waals surface area contributed by atoms with Gasteiger partial charge in [-0.25, -0.2) is 17.6 Å². The summed E-state index contributed by atoms with van der Waals surface area (Å²) in [7, 11) is 0.353. The first-order valence-electron chi connectivity index (χ1n) is 15.0. The summed E-state index contributed by atoms with van der Waals surface area (Å²) >= 11 is 0. The zero-order valence-corrected chi connectivity index (χ0v) is 27.5. The molecule has 250 valence electrons. The third-order valence-electron chi connectivity index (χ3n) is 8.43. The van der Waals surface area contributed by atoms with Crippen molar-refractivity contribution in [3.63, 3.8) is 0 Å². The van der Waals surface area contributed by atoms with Crippen LogP contribution in [0, 0.1) is 5.82 Å². The monoisotopic (exact) mass is 668 g/mol. The number of nitrogens with zero attached hydrogens (tertiary/aromatic N) is 1. The number of nitrogens with one attached hydrogen (secondary N) is 3. The molecule has 0 bridgehead atoms. The minimum absolute atomic E-state index is 0.0509. The molecule has 1 unspecified atom stereocenters. The van der Waals surface area contributed by atoms with Gasteiger partial charge in [0, 0.05) is 35.6 Å². The lowest BCUT2D eigenvalue weighted by Gasteiger charge is -2.32. The zero-order valence-electron chi connectivity index (χ0n) is 26.7. The molecular weight excluding hydrogens is 631 g/mol. The SMILES string of the molecule is COC(=O)Nc1ccc(S(=O)(=O)C(C)C)c([C@H]2CCCN2C(=O)C(Nc2cc(F)c3c(c2)C(=O)NC3)c2ccc(OC)c(OC)c2)c1. The van der Waals surface area contributed by atoms with Crippen molar-refractivity contribution >= 4 is 39.1 Å². The van der Waals surface area contributed by atoms with Gasteiger partial charge in [-0.15, -0.1) is 0 Å². The maximum Gasteiger partial charge on any atom is 0.411 e. The van der Waals surface area contributed by atoms with Crippen LogP contribution in [0.3, 0.4) is 0 Å². The predicted molar refractivity (Wildman–Crippen MR) is 172 cm³/mol. The van der Waals surface area contributed by atoms with Crippen LogP contribution in [-0.4, -0.2) is 64.3 Å². The first-order chi connectivity index (χ1) is 22.4. The van der Waals surface area contributed by atoms with Crippen LogP contribution in [0.1, 0.15) is 65.8 Å². The van der Waals surface area contributed by atoms with Crippen molar-refractivity contribution in [2.24, 2.45) is 0 Å². The summed E-state index contributed by atoms with van der Waals surface area (Å²) in [6.45, 7) is 3.51. The predicted octanol–water partition coefficient (Wildman–Crippen LogP) is 4.96. The second kappa shape index (κ2) is 13.5. The molecule has 14 heteroatoms. The van der Waals surface area contributed by atoms with Gasteiger partial charge in [-0.05, 0) is 80.3 Å². The highest BCUT2D eigenvalue weighted by molar-refractivity contribution is 7.92. The fourth-order valence-electron chi connectivity index (χ4n) is 5.94. The Morgan fingerprint density at radius 2 is 1.74 bits per heavy atom. The molecule has 0 aromatic heterocycles. The number of hydrogen-bond acceptors (Lipinski definition) is 9. The van der Waals surface area contributed by atoms with E-state index in [-0.39, 0.29) is 28.3 Å². The molecule has 3 amide bonds. The minimum atomic E-state index is -3.81. The lowest BCUT2D eigenvalue weighted by atomic mass is 10.00. The van der Waals surface area contributed by atoms with Gasteiger partial charge in [0.15, 0.2) is 21.3 Å². The maximum atomic E-state index is 15.1. The van der Waals surface area contributed by atoms with Crippen LogP contribution in [0.4, 0.5) is 20.6 Å². The number of hydrogen-bond donors (Lipinski definition) is 3. The van der Waals surface area contributed by atoms with E-state index in [0.717, 1.165) is 0 Å². The fourth-order valence-corrected chi connectivity index (χ4v) is 7.23. The van der Waals surface area contributed by atoms with Crippen LogP contribution in [0.15, 0.2) is 53.4 Å². The van der Waals surface area contributed by atoms with Crippen molar-refractivity contribution in [3.05, 3.63) is 76.6 Å². The number of benzene rings is 3. The van der Waals surface area contributed by atoms with Crippen LogP contribution in [0.25, 0.3) is 0 Å². The molecule has 2 aliphatic heterocycles. The molecule has 5 rings (SSSR count). The van der Waals surface area contributed by atoms with Gasteiger partial charge in [0.05, 0.1) is 37.5 Å². The molecule has 2 heterocycles. The van der Waals surface area contributed by atoms with Crippen molar-refractivity contribution in [1.29, 1.82) is 0 Å². The van der Waals surface area contributed by atoms with E-state index in [1.165, 1.54) is 45.6 Å². The highest BCUT2D eigenvalue weighted by Gasteiger charge is 2.38. The second-order valence-corrected chi connectivity index (χ2v) is 14.0. The number of halogens is 1. The first kappa shape index (κ1) is 33.5. The Morgan fingerprint density at radius 1 is 1.00 bits per heavy atom. The van der Waals surface area contributed by atoms with Crippen LogP contribution < -0.4 is 25.4 Å². The normalized spacial score (nSPS) is 16.4. The number of rotatable bonds is 10. The lowest BCUT2D eigenvalue weighted by Crippen LogP contribution is -2.38. The number of ether oxygens (including phenoxy) is 3. The smallest absolute Gasteiger partial charge is 0.411 e. The van der Waals surface area contributed by atoms with E-state index in [4.69, 9.17) is 14.2 Å². The van der Waals surface area contributed by atoms with Crippen molar-refractivity contribution in [2.75, 3.05) is 38.5 Å². The summed E-state index contributed by atoms with van der Waals surface area (Å²) in [5.41, 5.74) is 1.73. The van der Waals surface area contributed by atoms with E-state index in [1.54, 1.807) is 43.0 Å². The van der Waals surface area contributed by atoms with Crippen molar-refractivity contribution in [2.45, 2.75) is 55.5 Å². The second-order valence-electron chi connectivity index (χ2n) is 11.5. The maximum absolute atomic E-state index is 15.1. The number of methoxy groups -OCH3 is 3. The molecule has 2 aliphatic rings. The molecule has 0 spiro atoms. The number of anilines is 2. The largest absolute Gasteiger partial charge is 0.493 e. The number of sulfone groups is 1. The summed E-state index contributed by atoms with van der Waals surface area (Å²) in [6.07, 6.45) is 0.279. The zero-order chi connectivity index (χ0) is 34.0. The number of amides is 3. The molecule has 12 nitrogen and oxygen atoms in total. The molecule has 2 atom stereocenters. The Balaban J connectivity index is 1.60. The molecule has 3 aromatic carbocycles. The summed E-state index contributed by atoms with van der Waals surface area (Å²) in [6, 6.07) is 10.3. The fraction of sp³-hybridized carbons (Fsp3) is 0.364. The highest BCUT2D eigenvalue weighted by Crippen LogP contribution is 2.41. The lowest BCUT2D eigenvalue weighted by molar-refractivity contribution is -0.133. The Bertz CT molecular complexity index is 1830. The van der Waals surface area contributed by atoms with Crippen LogP contribution in [0.5, 0.6) is 11.5 Å². The van der Waals surface area contributed by atoms with Gasteiger partial charge in [0.2, 0.25) is 5.91 Å². The van der Waals surface area contributed by atoms with Gasteiger partial charge in [-0.1, -0.05) is 6.07 Å². The average Bonchev–Trinajstić information content (AvgIpc) is 3.70. The van der Waals surface area contributed by atoms with Gasteiger partial charge in [0.25, 0.3) is 5.91 Å². The van der Waals surface area contributed by atoms with E-state index in [2.05, 4.69) is 16.0 Å². The molecule has 47 heavy (non-hydrogen) atoms. The van der Waals surface area contributed by atoms with Crippen molar-refractivity contribution < 1.29 is 41.4 Å². The van der Waals surface area contributed by atoms with E-state index in [0.29, 0.717) is 47.7 Å². The van der Waals surface area contributed by atoms with Gasteiger partial charge in [-0.2, -0.15) is 0 Å². The molecule has 0 saturated carbocycles. The molecule has 1 saturated heterocycles. The minimum Gasteiger partial charge on any atom is -0.493 e. The third-order valence-corrected chi connectivity index (χ3v) is 10.7. The Labute approximate surface area is 272 Å². The Morgan fingerprint density at radius 3 is 2.43 bits per heavy atom. The molecular formula is C33H37FN4O8S. The van der Waals surface area contributed by atoms with Gasteiger partial charge < -0.3 is 29.7 Å². The molecule has 1 fully saturated rings. The van der Waals surface area contributed by atoms with Crippen molar-refractivity contribution in [1.82, 2.24) is 10.2 Å². The van der Waals surface area contributed by atoms with E-state index >= 15 is 4.39 Å². The summed E-state index contributed by atoms with van der Waals surface area (Å²) in [5, 5.41) is 7.56.